The second kappa shape index (κ2) is 4.46. The number of fused-ring (bicyclic) bond motifs is 1. The van der Waals surface area contributed by atoms with Crippen molar-refractivity contribution < 1.29 is 4.79 Å². The number of amides is 2. The molecule has 0 fully saturated rings. The Balaban J connectivity index is 2.54. The summed E-state index contributed by atoms with van der Waals surface area (Å²) in [5.41, 5.74) is 7.16. The molecule has 0 aliphatic heterocycles. The van der Waals surface area contributed by atoms with Crippen LogP contribution in [0.3, 0.4) is 0 Å². The Morgan fingerprint density at radius 1 is 1.53 bits per heavy atom. The van der Waals surface area contributed by atoms with Crippen molar-refractivity contribution in [2.24, 2.45) is 5.73 Å². The Hall–Kier alpha value is -1.40. The fourth-order valence-electron chi connectivity index (χ4n) is 1.76. The highest BCUT2D eigenvalue weighted by Gasteiger charge is 2.16. The monoisotopic (exact) mass is 267 g/mol. The van der Waals surface area contributed by atoms with Gasteiger partial charge < -0.3 is 10.7 Å². The fourth-order valence-corrected chi connectivity index (χ4v) is 2.91. The van der Waals surface area contributed by atoms with Crippen LogP contribution >= 0.6 is 23.6 Å². The summed E-state index contributed by atoms with van der Waals surface area (Å²) in [4.78, 5) is 16.0. The molecule has 0 saturated carbocycles. The van der Waals surface area contributed by atoms with Gasteiger partial charge >= 0.3 is 6.03 Å². The third-order valence-corrected chi connectivity index (χ3v) is 3.63. The van der Waals surface area contributed by atoms with E-state index in [1.807, 2.05) is 32.0 Å². The van der Waals surface area contributed by atoms with Gasteiger partial charge in [0.05, 0.1) is 10.2 Å². The van der Waals surface area contributed by atoms with Gasteiger partial charge in [0.2, 0.25) is 0 Å². The summed E-state index contributed by atoms with van der Waals surface area (Å²) in [6.07, 6.45) is 0. The summed E-state index contributed by atoms with van der Waals surface area (Å²) in [5, 5.41) is 0. The number of nitrogens with one attached hydrogen (secondary N) is 1. The zero-order valence-corrected chi connectivity index (χ0v) is 11.2. The number of hydrogen-bond donors (Lipinski definition) is 2. The first kappa shape index (κ1) is 12.1. The van der Waals surface area contributed by atoms with Crippen LogP contribution in [0.4, 0.5) is 10.5 Å². The third kappa shape index (κ3) is 2.32. The summed E-state index contributed by atoms with van der Waals surface area (Å²) >= 11 is 6.57. The van der Waals surface area contributed by atoms with E-state index in [1.165, 1.54) is 11.3 Å². The number of carbonyl (C=O) groups is 1. The van der Waals surface area contributed by atoms with Crippen LogP contribution in [0.2, 0.25) is 0 Å². The summed E-state index contributed by atoms with van der Waals surface area (Å²) in [6, 6.07) is 5.28. The molecule has 2 rings (SSSR count). The number of carbonyl (C=O) groups excluding carboxylic acids is 1. The number of nitrogens with zero attached hydrogens (tertiary/aromatic N) is 1. The van der Waals surface area contributed by atoms with E-state index < -0.39 is 6.03 Å². The third-order valence-electron chi connectivity index (χ3n) is 2.44. The highest BCUT2D eigenvalue weighted by molar-refractivity contribution is 7.73. The maximum atomic E-state index is 11.4. The molecule has 2 amide bonds. The summed E-state index contributed by atoms with van der Waals surface area (Å²) < 4.78 is 1.76. The van der Waals surface area contributed by atoms with Gasteiger partial charge in [0, 0.05) is 11.7 Å². The van der Waals surface area contributed by atoms with Gasteiger partial charge in [0.25, 0.3) is 0 Å². The van der Waals surface area contributed by atoms with E-state index in [0.717, 1.165) is 19.9 Å². The molecule has 1 heterocycles. The number of anilines is 1. The van der Waals surface area contributed by atoms with Crippen LogP contribution in [-0.2, 0) is 0 Å². The molecule has 6 heteroatoms. The molecule has 17 heavy (non-hydrogen) atoms. The zero-order chi connectivity index (χ0) is 12.6. The van der Waals surface area contributed by atoms with E-state index in [4.69, 9.17) is 18.0 Å². The van der Waals surface area contributed by atoms with E-state index in [1.54, 1.807) is 4.90 Å². The molecular weight excluding hydrogens is 254 g/mol. The summed E-state index contributed by atoms with van der Waals surface area (Å²) in [7, 11) is 0. The van der Waals surface area contributed by atoms with E-state index in [0.29, 0.717) is 0 Å². The zero-order valence-electron chi connectivity index (χ0n) is 9.56. The molecule has 3 N–H and O–H groups in total. The first-order valence-electron chi connectivity index (χ1n) is 5.20. The number of nitrogens with two attached hydrogens (primary N) is 1. The molecule has 0 spiro atoms. The number of H-pyrrole nitrogens is 1. The second-order valence-electron chi connectivity index (χ2n) is 4.00. The van der Waals surface area contributed by atoms with Crippen molar-refractivity contribution in [3.8, 4) is 0 Å². The number of aromatic amines is 1. The number of aromatic nitrogens is 1. The van der Waals surface area contributed by atoms with Gasteiger partial charge in [-0.15, -0.1) is 11.3 Å². The Bertz CT molecular complexity index is 614. The van der Waals surface area contributed by atoms with Gasteiger partial charge in [0.1, 0.15) is 0 Å². The highest BCUT2D eigenvalue weighted by atomic mass is 32.1. The van der Waals surface area contributed by atoms with Crippen LogP contribution in [0, 0.1) is 3.95 Å². The minimum absolute atomic E-state index is 0.0249. The number of primary amides is 1. The molecule has 0 bridgehead atoms. The molecule has 2 aromatic rings. The van der Waals surface area contributed by atoms with Crippen molar-refractivity contribution in [1.29, 1.82) is 0 Å². The smallest absolute Gasteiger partial charge is 0.319 e. The molecular formula is C11H13N3OS2. The van der Waals surface area contributed by atoms with E-state index >= 15 is 0 Å². The normalized spacial score (nSPS) is 11.0. The fraction of sp³-hybridized carbons (Fsp3) is 0.273. The van der Waals surface area contributed by atoms with E-state index in [2.05, 4.69) is 4.98 Å². The first-order valence-corrected chi connectivity index (χ1v) is 6.43. The lowest BCUT2D eigenvalue weighted by Gasteiger charge is -2.24. The Kier molecular flexibility index (Phi) is 3.17. The number of urea groups is 1. The van der Waals surface area contributed by atoms with Crippen molar-refractivity contribution in [2.45, 2.75) is 19.9 Å². The van der Waals surface area contributed by atoms with Gasteiger partial charge in [-0.05, 0) is 44.3 Å². The topological polar surface area (TPSA) is 62.1 Å². The van der Waals surface area contributed by atoms with Crippen molar-refractivity contribution in [3.05, 3.63) is 22.2 Å². The lowest BCUT2D eigenvalue weighted by molar-refractivity contribution is 0.252. The molecule has 0 atom stereocenters. The lowest BCUT2D eigenvalue weighted by Crippen LogP contribution is -2.40. The number of benzene rings is 1. The van der Waals surface area contributed by atoms with Gasteiger partial charge in [-0.1, -0.05) is 0 Å². The van der Waals surface area contributed by atoms with Crippen molar-refractivity contribution in [2.75, 3.05) is 4.90 Å². The maximum absolute atomic E-state index is 11.4. The van der Waals surface area contributed by atoms with Crippen LogP contribution in [0.5, 0.6) is 0 Å². The molecule has 0 aliphatic carbocycles. The number of thiazole rings is 1. The van der Waals surface area contributed by atoms with Crippen molar-refractivity contribution >= 4 is 45.5 Å². The quantitative estimate of drug-likeness (QED) is 0.820. The molecule has 1 aromatic carbocycles. The molecule has 4 nitrogen and oxygen atoms in total. The van der Waals surface area contributed by atoms with Crippen LogP contribution in [0.15, 0.2) is 18.2 Å². The standard InChI is InChI=1S/C11H13N3OS2/c1-6(2)14(10(12)15)7-3-4-8-9(5-7)17-11(16)13-8/h3-6H,1-2H3,(H2,12,15)(H,13,16). The predicted octanol–water partition coefficient (Wildman–Crippen LogP) is 3.25. The molecule has 0 saturated heterocycles. The lowest BCUT2D eigenvalue weighted by atomic mass is 10.2. The van der Waals surface area contributed by atoms with Crippen LogP contribution in [-0.4, -0.2) is 17.1 Å². The van der Waals surface area contributed by atoms with E-state index in [-0.39, 0.29) is 6.04 Å². The summed E-state index contributed by atoms with van der Waals surface area (Å²) in [6.45, 7) is 3.85. The highest BCUT2D eigenvalue weighted by Crippen LogP contribution is 2.26. The minimum atomic E-state index is -0.446. The largest absolute Gasteiger partial charge is 0.351 e. The molecule has 90 valence electrons. The predicted molar refractivity (Wildman–Crippen MR) is 74.2 cm³/mol. The van der Waals surface area contributed by atoms with Gasteiger partial charge in [-0.2, -0.15) is 0 Å². The maximum Gasteiger partial charge on any atom is 0.319 e. The molecule has 1 aromatic heterocycles. The van der Waals surface area contributed by atoms with Gasteiger partial charge in [-0.3, -0.25) is 4.90 Å². The average Bonchev–Trinajstić information content (AvgIpc) is 2.56. The van der Waals surface area contributed by atoms with Crippen LogP contribution in [0.25, 0.3) is 10.2 Å². The molecule has 0 unspecified atom stereocenters. The van der Waals surface area contributed by atoms with Crippen LogP contribution < -0.4 is 10.6 Å². The van der Waals surface area contributed by atoms with Gasteiger partial charge in [0.15, 0.2) is 3.95 Å². The second-order valence-corrected chi connectivity index (χ2v) is 5.72. The number of hydrogen-bond acceptors (Lipinski definition) is 3. The minimum Gasteiger partial charge on any atom is -0.351 e. The van der Waals surface area contributed by atoms with Crippen molar-refractivity contribution in [3.63, 3.8) is 0 Å². The Labute approximate surface area is 108 Å². The van der Waals surface area contributed by atoms with E-state index in [9.17, 15) is 4.79 Å². The SMILES string of the molecule is CC(C)N(C(N)=O)c1ccc2[nH]c(=S)sc2c1. The van der Waals surface area contributed by atoms with Crippen molar-refractivity contribution in [1.82, 2.24) is 4.98 Å². The summed E-state index contributed by atoms with van der Waals surface area (Å²) in [5.74, 6) is 0. The van der Waals surface area contributed by atoms with Crippen LogP contribution in [0.1, 0.15) is 13.8 Å². The number of rotatable bonds is 2. The first-order chi connectivity index (χ1) is 7.99. The van der Waals surface area contributed by atoms with Gasteiger partial charge in [-0.25, -0.2) is 4.79 Å². The Morgan fingerprint density at radius 2 is 2.24 bits per heavy atom. The molecule has 0 aliphatic rings. The Morgan fingerprint density at radius 3 is 2.82 bits per heavy atom. The average molecular weight is 267 g/mol. The molecule has 0 radical (unpaired) electrons.